The molecule has 0 bridgehead atoms. The van der Waals surface area contributed by atoms with Crippen LogP contribution in [-0.2, 0) is 11.2 Å². The zero-order chi connectivity index (χ0) is 12.3. The van der Waals surface area contributed by atoms with E-state index in [1.807, 2.05) is 0 Å². The van der Waals surface area contributed by atoms with Gasteiger partial charge in [0.2, 0.25) is 0 Å². The van der Waals surface area contributed by atoms with Crippen molar-refractivity contribution in [3.63, 3.8) is 0 Å². The van der Waals surface area contributed by atoms with Crippen molar-refractivity contribution >= 4 is 0 Å². The van der Waals surface area contributed by atoms with Crippen molar-refractivity contribution in [2.24, 2.45) is 11.7 Å². The van der Waals surface area contributed by atoms with E-state index in [-0.39, 0.29) is 12.0 Å². The van der Waals surface area contributed by atoms with Crippen LogP contribution in [0.5, 0.6) is 0 Å². The van der Waals surface area contributed by atoms with Crippen LogP contribution in [0.3, 0.4) is 0 Å². The molecule has 1 aliphatic heterocycles. The average Bonchev–Trinajstić information content (AvgIpc) is 2.35. The van der Waals surface area contributed by atoms with E-state index >= 15 is 0 Å². The summed E-state index contributed by atoms with van der Waals surface area (Å²) >= 11 is 0. The van der Waals surface area contributed by atoms with Crippen LogP contribution in [0.1, 0.15) is 18.4 Å². The topological polar surface area (TPSA) is 35.2 Å². The molecule has 1 heterocycles. The van der Waals surface area contributed by atoms with E-state index in [1.54, 1.807) is 0 Å². The van der Waals surface area contributed by atoms with Crippen molar-refractivity contribution in [2.75, 3.05) is 13.2 Å². The van der Waals surface area contributed by atoms with Gasteiger partial charge in [-0.2, -0.15) is 0 Å². The molecule has 0 aromatic heterocycles. The number of rotatable bonds is 3. The number of halogens is 2. The smallest absolute Gasteiger partial charge is 0.126 e. The van der Waals surface area contributed by atoms with E-state index in [0.29, 0.717) is 18.6 Å². The van der Waals surface area contributed by atoms with Gasteiger partial charge in [-0.1, -0.05) is 0 Å². The van der Waals surface area contributed by atoms with Crippen molar-refractivity contribution in [2.45, 2.75) is 25.3 Å². The molecule has 1 saturated heterocycles. The summed E-state index contributed by atoms with van der Waals surface area (Å²) in [5, 5.41) is 0. The molecule has 2 nitrogen and oxygen atoms in total. The molecule has 1 aliphatic rings. The highest BCUT2D eigenvalue weighted by atomic mass is 19.1. The Kier molecular flexibility index (Phi) is 4.07. The number of hydrogen-bond donors (Lipinski definition) is 1. The van der Waals surface area contributed by atoms with E-state index in [4.69, 9.17) is 10.5 Å². The Labute approximate surface area is 99.8 Å². The molecule has 4 heteroatoms. The number of hydrogen-bond acceptors (Lipinski definition) is 2. The van der Waals surface area contributed by atoms with Crippen molar-refractivity contribution in [3.05, 3.63) is 35.4 Å². The number of ether oxygens (including phenoxy) is 1. The molecule has 0 amide bonds. The van der Waals surface area contributed by atoms with E-state index in [2.05, 4.69) is 0 Å². The minimum Gasteiger partial charge on any atom is -0.381 e. The maximum Gasteiger partial charge on any atom is 0.126 e. The van der Waals surface area contributed by atoms with Gasteiger partial charge >= 0.3 is 0 Å². The highest BCUT2D eigenvalue weighted by molar-refractivity contribution is 5.20. The molecule has 2 N–H and O–H groups in total. The fourth-order valence-corrected chi connectivity index (χ4v) is 2.22. The molecule has 1 fully saturated rings. The lowest BCUT2D eigenvalue weighted by Crippen LogP contribution is -2.37. The van der Waals surface area contributed by atoms with Crippen LogP contribution in [-0.4, -0.2) is 19.3 Å². The van der Waals surface area contributed by atoms with E-state index in [9.17, 15) is 8.78 Å². The highest BCUT2D eigenvalue weighted by Crippen LogP contribution is 2.20. The Balaban J connectivity index is 2.01. The van der Waals surface area contributed by atoms with Crippen LogP contribution in [0.25, 0.3) is 0 Å². The highest BCUT2D eigenvalue weighted by Gasteiger charge is 2.22. The van der Waals surface area contributed by atoms with Crippen LogP contribution in [0.4, 0.5) is 8.78 Å². The SMILES string of the molecule is NC(Cc1cc(F)ccc1F)C1CCCOC1. The third-order valence-corrected chi connectivity index (χ3v) is 3.26. The molecule has 0 spiro atoms. The maximum atomic E-state index is 13.4. The quantitative estimate of drug-likeness (QED) is 0.881. The largest absolute Gasteiger partial charge is 0.381 e. The van der Waals surface area contributed by atoms with Gasteiger partial charge in [-0.05, 0) is 48.9 Å². The van der Waals surface area contributed by atoms with Crippen molar-refractivity contribution < 1.29 is 13.5 Å². The minimum absolute atomic E-state index is 0.174. The second-order valence-corrected chi connectivity index (χ2v) is 4.58. The fraction of sp³-hybridized carbons (Fsp3) is 0.538. The first-order chi connectivity index (χ1) is 8.16. The first kappa shape index (κ1) is 12.5. The molecule has 2 unspecified atom stereocenters. The third-order valence-electron chi connectivity index (χ3n) is 3.26. The van der Waals surface area contributed by atoms with Gasteiger partial charge in [0.1, 0.15) is 11.6 Å². The molecular weight excluding hydrogens is 224 g/mol. The minimum atomic E-state index is -0.423. The van der Waals surface area contributed by atoms with E-state index in [0.717, 1.165) is 31.6 Å². The number of benzene rings is 1. The predicted octanol–water partition coefficient (Wildman–Crippen LogP) is 2.26. The van der Waals surface area contributed by atoms with Gasteiger partial charge in [-0.15, -0.1) is 0 Å². The zero-order valence-electron chi connectivity index (χ0n) is 9.66. The Morgan fingerprint density at radius 1 is 1.41 bits per heavy atom. The Morgan fingerprint density at radius 2 is 2.24 bits per heavy atom. The molecule has 0 aliphatic carbocycles. The summed E-state index contributed by atoms with van der Waals surface area (Å²) in [6.45, 7) is 1.40. The number of nitrogens with two attached hydrogens (primary N) is 1. The van der Waals surface area contributed by atoms with Gasteiger partial charge in [-0.25, -0.2) is 8.78 Å². The molecule has 17 heavy (non-hydrogen) atoms. The Hall–Kier alpha value is -1.00. The van der Waals surface area contributed by atoms with Crippen molar-refractivity contribution in [3.8, 4) is 0 Å². The van der Waals surface area contributed by atoms with E-state index in [1.165, 1.54) is 6.07 Å². The average molecular weight is 241 g/mol. The second-order valence-electron chi connectivity index (χ2n) is 4.58. The van der Waals surface area contributed by atoms with Gasteiger partial charge in [0.15, 0.2) is 0 Å². The predicted molar refractivity (Wildman–Crippen MR) is 61.6 cm³/mol. The zero-order valence-corrected chi connectivity index (χ0v) is 9.66. The molecule has 0 radical (unpaired) electrons. The van der Waals surface area contributed by atoms with Crippen LogP contribution < -0.4 is 5.73 Å². The molecule has 2 atom stereocenters. The molecule has 2 rings (SSSR count). The normalized spacial score (nSPS) is 22.4. The summed E-state index contributed by atoms with van der Waals surface area (Å²) in [4.78, 5) is 0. The van der Waals surface area contributed by atoms with Gasteiger partial charge in [0.25, 0.3) is 0 Å². The third kappa shape index (κ3) is 3.23. The lowest BCUT2D eigenvalue weighted by atomic mass is 9.90. The van der Waals surface area contributed by atoms with Crippen molar-refractivity contribution in [1.82, 2.24) is 0 Å². The first-order valence-corrected chi connectivity index (χ1v) is 5.94. The monoisotopic (exact) mass is 241 g/mol. The molecule has 1 aromatic rings. The summed E-state index contributed by atoms with van der Waals surface area (Å²) in [7, 11) is 0. The second kappa shape index (κ2) is 5.56. The van der Waals surface area contributed by atoms with Crippen LogP contribution in [0.15, 0.2) is 18.2 Å². The van der Waals surface area contributed by atoms with Gasteiger partial charge < -0.3 is 10.5 Å². The molecule has 1 aromatic carbocycles. The molecular formula is C13H17F2NO. The summed E-state index contributed by atoms with van der Waals surface area (Å²) < 4.78 is 31.8. The molecule has 0 saturated carbocycles. The lowest BCUT2D eigenvalue weighted by Gasteiger charge is -2.27. The summed E-state index contributed by atoms with van der Waals surface area (Å²) in [6.07, 6.45) is 2.35. The fourth-order valence-electron chi connectivity index (χ4n) is 2.22. The van der Waals surface area contributed by atoms with E-state index < -0.39 is 11.6 Å². The Morgan fingerprint density at radius 3 is 2.94 bits per heavy atom. The molecule has 94 valence electrons. The van der Waals surface area contributed by atoms with Crippen LogP contribution in [0.2, 0.25) is 0 Å². The van der Waals surface area contributed by atoms with Gasteiger partial charge in [0, 0.05) is 12.6 Å². The maximum absolute atomic E-state index is 13.4. The van der Waals surface area contributed by atoms with Gasteiger partial charge in [-0.3, -0.25) is 0 Å². The summed E-state index contributed by atoms with van der Waals surface area (Å²) in [5.41, 5.74) is 6.38. The summed E-state index contributed by atoms with van der Waals surface area (Å²) in [5.74, 6) is -0.571. The van der Waals surface area contributed by atoms with Crippen LogP contribution in [0, 0.1) is 17.6 Å². The van der Waals surface area contributed by atoms with Crippen LogP contribution >= 0.6 is 0 Å². The van der Waals surface area contributed by atoms with Crippen molar-refractivity contribution in [1.29, 1.82) is 0 Å². The lowest BCUT2D eigenvalue weighted by molar-refractivity contribution is 0.0449. The van der Waals surface area contributed by atoms with Gasteiger partial charge in [0.05, 0.1) is 6.61 Å². The summed E-state index contributed by atoms with van der Waals surface area (Å²) in [6, 6.07) is 3.31. The Bertz CT molecular complexity index is 378. The standard InChI is InChI=1S/C13H17F2NO/c14-11-3-4-12(15)10(6-11)7-13(16)9-2-1-5-17-8-9/h3-4,6,9,13H,1-2,5,7-8,16H2. The first-order valence-electron chi connectivity index (χ1n) is 5.94.